The minimum atomic E-state index is -0.632. The second-order valence-electron chi connectivity index (χ2n) is 5.02. The summed E-state index contributed by atoms with van der Waals surface area (Å²) < 4.78 is 29.1. The van der Waals surface area contributed by atoms with Gasteiger partial charge in [0.2, 0.25) is 0 Å². The minimum absolute atomic E-state index is 0.112. The van der Waals surface area contributed by atoms with Crippen LogP contribution in [0.15, 0.2) is 24.4 Å². The second-order valence-corrected chi connectivity index (χ2v) is 5.02. The van der Waals surface area contributed by atoms with Gasteiger partial charge in [-0.25, -0.2) is 14.2 Å². The Morgan fingerprint density at radius 2 is 1.95 bits per heavy atom. The summed E-state index contributed by atoms with van der Waals surface area (Å²) in [5.74, 6) is 4.37. The second kappa shape index (κ2) is 5.68. The SMILES string of the molecule is Cc1cc(C(NN)c2ccnn2C(C)C)c(F)cc1F. The van der Waals surface area contributed by atoms with Crippen LogP contribution in [0.25, 0.3) is 0 Å². The van der Waals surface area contributed by atoms with Crippen LogP contribution in [0.1, 0.15) is 42.8 Å². The molecule has 0 amide bonds. The number of nitrogens with two attached hydrogens (primary N) is 1. The Kier molecular flexibility index (Phi) is 4.15. The summed E-state index contributed by atoms with van der Waals surface area (Å²) in [5, 5.41) is 4.20. The highest BCUT2D eigenvalue weighted by Gasteiger charge is 2.22. The summed E-state index contributed by atoms with van der Waals surface area (Å²) in [7, 11) is 0. The van der Waals surface area contributed by atoms with Crippen LogP contribution in [0.2, 0.25) is 0 Å². The van der Waals surface area contributed by atoms with E-state index in [1.807, 2.05) is 13.8 Å². The van der Waals surface area contributed by atoms with Gasteiger partial charge in [-0.3, -0.25) is 10.5 Å². The number of nitrogens with zero attached hydrogens (tertiary/aromatic N) is 2. The zero-order chi connectivity index (χ0) is 14.9. The molecule has 1 heterocycles. The number of nitrogens with one attached hydrogen (secondary N) is 1. The topological polar surface area (TPSA) is 55.9 Å². The van der Waals surface area contributed by atoms with Gasteiger partial charge >= 0.3 is 0 Å². The van der Waals surface area contributed by atoms with Gasteiger partial charge in [-0.2, -0.15) is 5.10 Å². The summed E-state index contributed by atoms with van der Waals surface area (Å²) in [6.45, 7) is 5.53. The van der Waals surface area contributed by atoms with E-state index in [0.717, 1.165) is 11.8 Å². The molecule has 20 heavy (non-hydrogen) atoms. The van der Waals surface area contributed by atoms with E-state index in [-0.39, 0.29) is 6.04 Å². The number of hydrazine groups is 1. The summed E-state index contributed by atoms with van der Waals surface area (Å²) in [6.07, 6.45) is 1.63. The molecule has 1 unspecified atom stereocenters. The van der Waals surface area contributed by atoms with Crippen molar-refractivity contribution >= 4 is 0 Å². The Balaban J connectivity index is 2.53. The molecule has 2 aromatic rings. The Morgan fingerprint density at radius 3 is 2.55 bits per heavy atom. The summed E-state index contributed by atoms with van der Waals surface area (Å²) in [4.78, 5) is 0. The summed E-state index contributed by atoms with van der Waals surface area (Å²) >= 11 is 0. The number of halogens is 2. The molecule has 0 radical (unpaired) electrons. The summed E-state index contributed by atoms with van der Waals surface area (Å²) in [5.41, 5.74) is 3.98. The molecule has 0 spiro atoms. The third kappa shape index (κ3) is 2.57. The van der Waals surface area contributed by atoms with Gasteiger partial charge in [0, 0.05) is 23.9 Å². The van der Waals surface area contributed by atoms with Crippen LogP contribution in [-0.4, -0.2) is 9.78 Å². The number of aryl methyl sites for hydroxylation is 1. The number of rotatable bonds is 4. The van der Waals surface area contributed by atoms with Gasteiger partial charge in [-0.1, -0.05) is 0 Å². The van der Waals surface area contributed by atoms with E-state index in [9.17, 15) is 8.78 Å². The molecule has 0 saturated carbocycles. The third-order valence-corrected chi connectivity index (χ3v) is 3.24. The average Bonchev–Trinajstić information content (AvgIpc) is 2.85. The van der Waals surface area contributed by atoms with Crippen molar-refractivity contribution in [1.82, 2.24) is 15.2 Å². The number of hydrogen-bond acceptors (Lipinski definition) is 3. The highest BCUT2D eigenvalue weighted by molar-refractivity contribution is 5.33. The van der Waals surface area contributed by atoms with E-state index >= 15 is 0 Å². The minimum Gasteiger partial charge on any atom is -0.271 e. The van der Waals surface area contributed by atoms with E-state index in [1.54, 1.807) is 23.9 Å². The number of benzene rings is 1. The zero-order valence-electron chi connectivity index (χ0n) is 11.7. The molecule has 4 nitrogen and oxygen atoms in total. The lowest BCUT2D eigenvalue weighted by Gasteiger charge is -2.21. The monoisotopic (exact) mass is 280 g/mol. The molecule has 6 heteroatoms. The van der Waals surface area contributed by atoms with Gasteiger partial charge in [0.1, 0.15) is 11.6 Å². The molecule has 1 aromatic heterocycles. The van der Waals surface area contributed by atoms with Crippen molar-refractivity contribution in [3.05, 3.63) is 52.9 Å². The van der Waals surface area contributed by atoms with Gasteiger partial charge in [-0.15, -0.1) is 0 Å². The van der Waals surface area contributed by atoms with Crippen LogP contribution in [0, 0.1) is 18.6 Å². The molecule has 108 valence electrons. The molecular formula is C14H18F2N4. The normalized spacial score (nSPS) is 12.9. The maximum Gasteiger partial charge on any atom is 0.131 e. The van der Waals surface area contributed by atoms with Crippen molar-refractivity contribution in [2.24, 2.45) is 5.84 Å². The van der Waals surface area contributed by atoms with Crippen LogP contribution in [0.3, 0.4) is 0 Å². The molecule has 0 aliphatic rings. The molecule has 0 bridgehead atoms. The quantitative estimate of drug-likeness (QED) is 0.668. The van der Waals surface area contributed by atoms with Crippen molar-refractivity contribution in [3.63, 3.8) is 0 Å². The van der Waals surface area contributed by atoms with Crippen molar-refractivity contribution in [2.75, 3.05) is 0 Å². The van der Waals surface area contributed by atoms with E-state index in [2.05, 4.69) is 10.5 Å². The predicted octanol–water partition coefficient (Wildman–Crippen LogP) is 2.60. The molecule has 1 atom stereocenters. The van der Waals surface area contributed by atoms with E-state index in [1.165, 1.54) is 6.07 Å². The van der Waals surface area contributed by atoms with Crippen molar-refractivity contribution in [2.45, 2.75) is 32.9 Å². The standard InChI is InChI=1S/C14H18F2N4/c1-8(2)20-13(4-5-18-20)14(19-17)10-6-9(3)11(15)7-12(10)16/h4-8,14,19H,17H2,1-3H3. The van der Waals surface area contributed by atoms with Gasteiger partial charge in [0.15, 0.2) is 0 Å². The molecule has 1 aromatic carbocycles. The fraction of sp³-hybridized carbons (Fsp3) is 0.357. The summed E-state index contributed by atoms with van der Waals surface area (Å²) in [6, 6.07) is 3.64. The van der Waals surface area contributed by atoms with E-state index in [0.29, 0.717) is 11.1 Å². The van der Waals surface area contributed by atoms with Crippen molar-refractivity contribution in [1.29, 1.82) is 0 Å². The van der Waals surface area contributed by atoms with Gasteiger partial charge in [-0.05, 0) is 38.5 Å². The average molecular weight is 280 g/mol. The lowest BCUT2D eigenvalue weighted by atomic mass is 10.0. The van der Waals surface area contributed by atoms with Crippen LogP contribution in [0.4, 0.5) is 8.78 Å². The highest BCUT2D eigenvalue weighted by atomic mass is 19.1. The molecule has 0 saturated heterocycles. The van der Waals surface area contributed by atoms with Crippen molar-refractivity contribution in [3.8, 4) is 0 Å². The Morgan fingerprint density at radius 1 is 1.25 bits per heavy atom. The highest BCUT2D eigenvalue weighted by Crippen LogP contribution is 2.27. The maximum atomic E-state index is 14.0. The first-order valence-corrected chi connectivity index (χ1v) is 6.40. The fourth-order valence-corrected chi connectivity index (χ4v) is 2.22. The van der Waals surface area contributed by atoms with Gasteiger partial charge in [0.05, 0.1) is 11.7 Å². The first-order chi connectivity index (χ1) is 9.45. The molecule has 0 fully saturated rings. The lowest BCUT2D eigenvalue weighted by molar-refractivity contribution is 0.465. The number of hydrogen-bond donors (Lipinski definition) is 2. The third-order valence-electron chi connectivity index (χ3n) is 3.24. The van der Waals surface area contributed by atoms with Crippen LogP contribution >= 0.6 is 0 Å². The predicted molar refractivity (Wildman–Crippen MR) is 72.9 cm³/mol. The smallest absolute Gasteiger partial charge is 0.131 e. The first kappa shape index (κ1) is 14.6. The molecule has 2 rings (SSSR count). The van der Waals surface area contributed by atoms with Gasteiger partial charge in [0.25, 0.3) is 0 Å². The van der Waals surface area contributed by atoms with Crippen LogP contribution < -0.4 is 11.3 Å². The Hall–Kier alpha value is -1.79. The fourth-order valence-electron chi connectivity index (χ4n) is 2.22. The van der Waals surface area contributed by atoms with E-state index in [4.69, 9.17) is 5.84 Å². The lowest BCUT2D eigenvalue weighted by Crippen LogP contribution is -2.32. The van der Waals surface area contributed by atoms with Crippen LogP contribution in [-0.2, 0) is 0 Å². The number of aromatic nitrogens is 2. The first-order valence-electron chi connectivity index (χ1n) is 6.40. The molecular weight excluding hydrogens is 262 g/mol. The zero-order valence-corrected chi connectivity index (χ0v) is 11.7. The van der Waals surface area contributed by atoms with Crippen LogP contribution in [0.5, 0.6) is 0 Å². The molecule has 0 aliphatic carbocycles. The maximum absolute atomic E-state index is 14.0. The Bertz CT molecular complexity index is 607. The Labute approximate surface area is 116 Å². The van der Waals surface area contributed by atoms with Crippen molar-refractivity contribution < 1.29 is 8.78 Å². The largest absolute Gasteiger partial charge is 0.271 e. The molecule has 0 aliphatic heterocycles. The molecule has 3 N–H and O–H groups in total. The van der Waals surface area contributed by atoms with Gasteiger partial charge < -0.3 is 0 Å². The van der Waals surface area contributed by atoms with E-state index < -0.39 is 17.7 Å².